The van der Waals surface area contributed by atoms with Crippen LogP contribution >= 0.6 is 0 Å². The van der Waals surface area contributed by atoms with E-state index in [4.69, 9.17) is 9.47 Å². The molecular formula is C30H31F3N2O4. The highest BCUT2D eigenvalue weighted by Gasteiger charge is 2.52. The first kappa shape index (κ1) is 28.3. The summed E-state index contributed by atoms with van der Waals surface area (Å²) in [4.78, 5) is 13.7. The summed E-state index contributed by atoms with van der Waals surface area (Å²) in [5, 5.41) is 12.9. The van der Waals surface area contributed by atoms with Crippen molar-refractivity contribution in [3.05, 3.63) is 113 Å². The number of halogens is 3. The molecule has 4 rings (SSSR count). The van der Waals surface area contributed by atoms with Gasteiger partial charge in [-0.15, -0.1) is 0 Å². The maximum absolute atomic E-state index is 14.0. The summed E-state index contributed by atoms with van der Waals surface area (Å²) in [5.74, 6) is -3.18. The Kier molecular flexibility index (Phi) is 8.72. The van der Waals surface area contributed by atoms with Crippen LogP contribution in [0, 0.1) is 5.21 Å². The van der Waals surface area contributed by atoms with Gasteiger partial charge in [0.15, 0.2) is 24.7 Å². The van der Waals surface area contributed by atoms with Crippen LogP contribution in [0.3, 0.4) is 0 Å². The predicted octanol–water partition coefficient (Wildman–Crippen LogP) is 5.49. The Morgan fingerprint density at radius 1 is 0.923 bits per heavy atom. The number of carbonyl (C=O) groups is 1. The number of rotatable bonds is 9. The maximum atomic E-state index is 14.0. The average Bonchev–Trinajstić information content (AvgIpc) is 3.20. The van der Waals surface area contributed by atoms with Crippen LogP contribution in [0.1, 0.15) is 30.5 Å². The van der Waals surface area contributed by atoms with Gasteiger partial charge in [-0.1, -0.05) is 91.0 Å². The van der Waals surface area contributed by atoms with Gasteiger partial charge in [-0.2, -0.15) is 13.2 Å². The first-order chi connectivity index (χ1) is 18.5. The molecule has 39 heavy (non-hydrogen) atoms. The van der Waals surface area contributed by atoms with Gasteiger partial charge in [-0.3, -0.25) is 4.79 Å². The van der Waals surface area contributed by atoms with Crippen LogP contribution in [-0.2, 0) is 33.8 Å². The number of alkyl halides is 3. The molecule has 0 N–H and O–H groups in total. The highest BCUT2D eigenvalue weighted by atomic mass is 19.4. The summed E-state index contributed by atoms with van der Waals surface area (Å²) in [6, 6.07) is 25.3. The Hall–Kier alpha value is -3.69. The normalized spacial score (nSPS) is 20.0. The van der Waals surface area contributed by atoms with Crippen LogP contribution in [0.15, 0.2) is 91.0 Å². The number of hydrogen-bond acceptors (Lipinski definition) is 4. The molecule has 0 unspecified atom stereocenters. The van der Waals surface area contributed by atoms with Crippen LogP contribution in [0.2, 0.25) is 0 Å². The molecule has 0 saturated carbocycles. The fraction of sp³-hybridized carbons (Fsp3) is 0.333. The van der Waals surface area contributed by atoms with Gasteiger partial charge < -0.3 is 19.6 Å². The number of nitrogens with zero attached hydrogens (tertiary/aromatic N) is 2. The zero-order valence-corrected chi connectivity index (χ0v) is 21.8. The second kappa shape index (κ2) is 12.0. The standard InChI is InChI=1S/C30H31F3N2O4/c1-29(2)38-26(21-34(37)19-23-14-8-4-9-15-23)27(39-29)25(18-22-12-6-3-7-13-22)35(28(36)30(31,32)33)20-24-16-10-5-11-17-24/h3-17,21,25-27H,18-20H2,1-2H3/b34-21-/t25-,26-,27-/m0/s1. The first-order valence-electron chi connectivity index (χ1n) is 12.7. The van der Waals surface area contributed by atoms with Crippen LogP contribution in [0.5, 0.6) is 0 Å². The highest BCUT2D eigenvalue weighted by Crippen LogP contribution is 2.34. The minimum Gasteiger partial charge on any atom is -0.624 e. The molecule has 3 atom stereocenters. The Bertz CT molecular complexity index is 1250. The van der Waals surface area contributed by atoms with Crippen molar-refractivity contribution in [3.63, 3.8) is 0 Å². The monoisotopic (exact) mass is 540 g/mol. The molecule has 0 bridgehead atoms. The zero-order valence-electron chi connectivity index (χ0n) is 21.8. The van der Waals surface area contributed by atoms with E-state index >= 15 is 0 Å². The third kappa shape index (κ3) is 7.68. The molecule has 206 valence electrons. The third-order valence-corrected chi connectivity index (χ3v) is 6.42. The molecule has 0 aromatic heterocycles. The van der Waals surface area contributed by atoms with Crippen LogP contribution in [0.4, 0.5) is 13.2 Å². The van der Waals surface area contributed by atoms with E-state index in [0.29, 0.717) is 15.9 Å². The molecule has 1 heterocycles. The third-order valence-electron chi connectivity index (χ3n) is 6.42. The first-order valence-corrected chi connectivity index (χ1v) is 12.7. The fourth-order valence-corrected chi connectivity index (χ4v) is 4.75. The molecule has 1 amide bonds. The fourth-order valence-electron chi connectivity index (χ4n) is 4.75. The van der Waals surface area contributed by atoms with Gasteiger partial charge in [0.2, 0.25) is 0 Å². The van der Waals surface area contributed by atoms with E-state index in [0.717, 1.165) is 10.5 Å². The van der Waals surface area contributed by atoms with Crippen LogP contribution < -0.4 is 0 Å². The molecule has 3 aromatic rings. The Labute approximate surface area is 225 Å². The van der Waals surface area contributed by atoms with Crippen LogP contribution in [-0.4, -0.2) is 52.0 Å². The van der Waals surface area contributed by atoms with E-state index in [1.807, 2.05) is 18.2 Å². The lowest BCUT2D eigenvalue weighted by atomic mass is 9.95. The second-order valence-corrected chi connectivity index (χ2v) is 9.95. The largest absolute Gasteiger partial charge is 0.624 e. The molecule has 1 aliphatic heterocycles. The van der Waals surface area contributed by atoms with E-state index in [1.54, 1.807) is 86.6 Å². The number of benzene rings is 3. The van der Waals surface area contributed by atoms with Gasteiger partial charge in [0, 0.05) is 12.1 Å². The number of hydroxylamine groups is 1. The van der Waals surface area contributed by atoms with Gasteiger partial charge in [-0.25, -0.2) is 4.74 Å². The Morgan fingerprint density at radius 2 is 1.44 bits per heavy atom. The Morgan fingerprint density at radius 3 is 1.97 bits per heavy atom. The average molecular weight is 541 g/mol. The van der Waals surface area contributed by atoms with E-state index in [2.05, 4.69) is 0 Å². The predicted molar refractivity (Wildman–Crippen MR) is 141 cm³/mol. The molecule has 1 fully saturated rings. The van der Waals surface area contributed by atoms with Crippen molar-refractivity contribution in [2.75, 3.05) is 0 Å². The van der Waals surface area contributed by atoms with Crippen molar-refractivity contribution in [1.29, 1.82) is 0 Å². The lowest BCUT2D eigenvalue weighted by Crippen LogP contribution is -2.55. The van der Waals surface area contributed by atoms with Crippen molar-refractivity contribution >= 4 is 12.1 Å². The topological polar surface area (TPSA) is 64.8 Å². The molecule has 3 aromatic carbocycles. The molecule has 0 spiro atoms. The molecule has 0 aliphatic carbocycles. The minimum atomic E-state index is -5.12. The summed E-state index contributed by atoms with van der Waals surface area (Å²) in [7, 11) is 0. The maximum Gasteiger partial charge on any atom is 0.471 e. The lowest BCUT2D eigenvalue weighted by molar-refractivity contribution is -0.473. The summed E-state index contributed by atoms with van der Waals surface area (Å²) in [5.41, 5.74) is 2.00. The van der Waals surface area contributed by atoms with Crippen molar-refractivity contribution < 1.29 is 32.2 Å². The van der Waals surface area contributed by atoms with E-state index < -0.39 is 36.1 Å². The van der Waals surface area contributed by atoms with E-state index in [9.17, 15) is 23.2 Å². The van der Waals surface area contributed by atoms with Gasteiger partial charge in [0.05, 0.1) is 6.04 Å². The number of carbonyl (C=O) groups excluding carboxylic acids is 1. The second-order valence-electron chi connectivity index (χ2n) is 9.95. The van der Waals surface area contributed by atoms with Gasteiger partial charge >= 0.3 is 12.1 Å². The van der Waals surface area contributed by atoms with E-state index in [1.165, 1.54) is 6.21 Å². The van der Waals surface area contributed by atoms with Crippen molar-refractivity contribution in [2.45, 2.75) is 63.6 Å². The number of ether oxygens (including phenoxy) is 2. The smallest absolute Gasteiger partial charge is 0.471 e. The highest BCUT2D eigenvalue weighted by molar-refractivity contribution is 5.82. The van der Waals surface area contributed by atoms with Crippen LogP contribution in [0.25, 0.3) is 0 Å². The zero-order chi connectivity index (χ0) is 28.0. The van der Waals surface area contributed by atoms with Gasteiger partial charge in [-0.05, 0) is 31.4 Å². The summed E-state index contributed by atoms with van der Waals surface area (Å²) < 4.78 is 54.7. The van der Waals surface area contributed by atoms with Crippen molar-refractivity contribution in [3.8, 4) is 0 Å². The quantitative estimate of drug-likeness (QED) is 0.156. The summed E-state index contributed by atoms with van der Waals surface area (Å²) in [6.45, 7) is 2.99. The van der Waals surface area contributed by atoms with Crippen molar-refractivity contribution in [2.24, 2.45) is 0 Å². The minimum absolute atomic E-state index is 0.0202. The lowest BCUT2D eigenvalue weighted by Gasteiger charge is -2.36. The number of amides is 1. The molecule has 1 saturated heterocycles. The van der Waals surface area contributed by atoms with Crippen molar-refractivity contribution in [1.82, 2.24) is 4.90 Å². The molecular weight excluding hydrogens is 509 g/mol. The Balaban J connectivity index is 1.75. The molecule has 0 radical (unpaired) electrons. The SMILES string of the molecule is CC1(C)O[C@@H]([C@H](Cc2ccccc2)N(Cc2ccccc2)C(=O)C(F)(F)F)[C@H](/C=[N+](\[O-])Cc2ccccc2)O1. The van der Waals surface area contributed by atoms with E-state index in [-0.39, 0.29) is 19.5 Å². The van der Waals surface area contributed by atoms with Gasteiger partial charge in [0.1, 0.15) is 6.10 Å². The molecule has 9 heteroatoms. The summed E-state index contributed by atoms with van der Waals surface area (Å²) >= 11 is 0. The van der Waals surface area contributed by atoms with Gasteiger partial charge in [0.25, 0.3) is 0 Å². The molecule has 1 aliphatic rings. The molecule has 6 nitrogen and oxygen atoms in total. The summed E-state index contributed by atoms with van der Waals surface area (Å²) in [6.07, 6.45) is -5.84. The number of hydrogen-bond donors (Lipinski definition) is 0.